The summed E-state index contributed by atoms with van der Waals surface area (Å²) in [6.07, 6.45) is 2.27. The molecule has 134 valence electrons. The van der Waals surface area contributed by atoms with Crippen molar-refractivity contribution < 1.29 is 14.6 Å². The Hall–Kier alpha value is -1.59. The Morgan fingerprint density at radius 1 is 1.29 bits per heavy atom. The maximum Gasteiger partial charge on any atom is 0.251 e. The highest BCUT2D eigenvalue weighted by Crippen LogP contribution is 2.20. The number of benzene rings is 1. The number of rotatable bonds is 8. The van der Waals surface area contributed by atoms with Crippen LogP contribution in [-0.2, 0) is 4.74 Å². The molecule has 0 spiro atoms. The molecule has 0 radical (unpaired) electrons. The van der Waals surface area contributed by atoms with E-state index in [1.54, 1.807) is 0 Å². The number of amides is 1. The third-order valence-electron chi connectivity index (χ3n) is 4.16. The van der Waals surface area contributed by atoms with Gasteiger partial charge in [-0.1, -0.05) is 13.8 Å². The lowest BCUT2D eigenvalue weighted by Crippen LogP contribution is -2.35. The van der Waals surface area contributed by atoms with Crippen molar-refractivity contribution in [2.75, 3.05) is 37.7 Å². The topological polar surface area (TPSA) is 61.8 Å². The summed E-state index contributed by atoms with van der Waals surface area (Å²) in [5.74, 6) is 0.501. The molecular formula is C19H30N2O3. The molecule has 1 fully saturated rings. The quantitative estimate of drug-likeness (QED) is 0.717. The molecule has 5 heteroatoms. The summed E-state index contributed by atoms with van der Waals surface area (Å²) in [4.78, 5) is 14.4. The SMILES string of the molecule is CC(C)COCCCNC(=O)c1ccc(N2CCC(O)CC2)cc1. The van der Waals surface area contributed by atoms with Gasteiger partial charge in [-0.25, -0.2) is 0 Å². The number of carbonyl (C=O) groups is 1. The molecule has 0 saturated carbocycles. The number of hydrogen-bond acceptors (Lipinski definition) is 4. The molecule has 2 rings (SSSR count). The highest BCUT2D eigenvalue weighted by atomic mass is 16.5. The van der Waals surface area contributed by atoms with Gasteiger partial charge in [-0.2, -0.15) is 0 Å². The Morgan fingerprint density at radius 3 is 2.58 bits per heavy atom. The van der Waals surface area contributed by atoms with Crippen LogP contribution in [0.2, 0.25) is 0 Å². The Kier molecular flexibility index (Phi) is 7.53. The monoisotopic (exact) mass is 334 g/mol. The second-order valence-electron chi connectivity index (χ2n) is 6.84. The molecule has 1 aliphatic heterocycles. The molecule has 24 heavy (non-hydrogen) atoms. The number of nitrogens with one attached hydrogen (secondary N) is 1. The van der Waals surface area contributed by atoms with Crippen LogP contribution in [-0.4, -0.2) is 50.0 Å². The van der Waals surface area contributed by atoms with Crippen LogP contribution < -0.4 is 10.2 Å². The standard InChI is InChI=1S/C19H30N2O3/c1-15(2)14-24-13-3-10-20-19(23)16-4-6-17(7-5-16)21-11-8-18(22)9-12-21/h4-7,15,18,22H,3,8-14H2,1-2H3,(H,20,23). The first-order chi connectivity index (χ1) is 11.6. The first kappa shape index (κ1) is 18.7. The van der Waals surface area contributed by atoms with Crippen molar-refractivity contribution in [1.29, 1.82) is 0 Å². The third kappa shape index (κ3) is 6.13. The fourth-order valence-corrected chi connectivity index (χ4v) is 2.74. The molecule has 1 aromatic carbocycles. The zero-order chi connectivity index (χ0) is 17.4. The Bertz CT molecular complexity index is 494. The first-order valence-electron chi connectivity index (χ1n) is 8.95. The van der Waals surface area contributed by atoms with Crippen LogP contribution >= 0.6 is 0 Å². The van der Waals surface area contributed by atoms with Gasteiger partial charge in [-0.15, -0.1) is 0 Å². The summed E-state index contributed by atoms with van der Waals surface area (Å²) >= 11 is 0. The number of piperidine rings is 1. The fraction of sp³-hybridized carbons (Fsp3) is 0.632. The zero-order valence-corrected chi connectivity index (χ0v) is 14.8. The molecule has 1 aliphatic rings. The lowest BCUT2D eigenvalue weighted by Gasteiger charge is -2.31. The molecular weight excluding hydrogens is 304 g/mol. The highest BCUT2D eigenvalue weighted by molar-refractivity contribution is 5.94. The fourth-order valence-electron chi connectivity index (χ4n) is 2.74. The van der Waals surface area contributed by atoms with Crippen LogP contribution in [0.5, 0.6) is 0 Å². The smallest absolute Gasteiger partial charge is 0.251 e. The van der Waals surface area contributed by atoms with Gasteiger partial charge in [-0.05, 0) is 49.4 Å². The van der Waals surface area contributed by atoms with E-state index in [0.717, 1.165) is 44.6 Å². The van der Waals surface area contributed by atoms with Crippen molar-refractivity contribution in [3.63, 3.8) is 0 Å². The van der Waals surface area contributed by atoms with Crippen LogP contribution in [0.1, 0.15) is 43.5 Å². The van der Waals surface area contributed by atoms with E-state index in [2.05, 4.69) is 24.1 Å². The number of aliphatic hydroxyl groups is 1. The summed E-state index contributed by atoms with van der Waals surface area (Å²) in [5.41, 5.74) is 1.79. The number of hydrogen-bond donors (Lipinski definition) is 2. The van der Waals surface area contributed by atoms with Gasteiger partial charge in [0.2, 0.25) is 0 Å². The molecule has 1 aromatic rings. The van der Waals surface area contributed by atoms with Crippen molar-refractivity contribution in [1.82, 2.24) is 5.32 Å². The second-order valence-corrected chi connectivity index (χ2v) is 6.84. The van der Waals surface area contributed by atoms with Gasteiger partial charge in [0.1, 0.15) is 0 Å². The largest absolute Gasteiger partial charge is 0.393 e. The Labute approximate surface area is 145 Å². The van der Waals surface area contributed by atoms with Gasteiger partial charge < -0.3 is 20.1 Å². The number of aliphatic hydroxyl groups excluding tert-OH is 1. The predicted molar refractivity (Wildman–Crippen MR) is 96.5 cm³/mol. The van der Waals surface area contributed by atoms with Crippen molar-refractivity contribution in [3.8, 4) is 0 Å². The van der Waals surface area contributed by atoms with Crippen molar-refractivity contribution in [2.45, 2.75) is 39.2 Å². The van der Waals surface area contributed by atoms with Crippen LogP contribution in [0.15, 0.2) is 24.3 Å². The number of ether oxygens (including phenoxy) is 1. The van der Waals surface area contributed by atoms with E-state index in [9.17, 15) is 9.90 Å². The average molecular weight is 334 g/mol. The minimum Gasteiger partial charge on any atom is -0.393 e. The molecule has 1 amide bonds. The van der Waals surface area contributed by atoms with Crippen molar-refractivity contribution in [3.05, 3.63) is 29.8 Å². The molecule has 0 aromatic heterocycles. The third-order valence-corrected chi connectivity index (χ3v) is 4.16. The lowest BCUT2D eigenvalue weighted by atomic mass is 10.1. The van der Waals surface area contributed by atoms with Gasteiger partial charge in [-0.3, -0.25) is 4.79 Å². The van der Waals surface area contributed by atoms with E-state index in [4.69, 9.17) is 4.74 Å². The van der Waals surface area contributed by atoms with Crippen LogP contribution in [0.3, 0.4) is 0 Å². The van der Waals surface area contributed by atoms with E-state index in [-0.39, 0.29) is 12.0 Å². The molecule has 5 nitrogen and oxygen atoms in total. The molecule has 1 saturated heterocycles. The lowest BCUT2D eigenvalue weighted by molar-refractivity contribution is 0.0925. The summed E-state index contributed by atoms with van der Waals surface area (Å²) in [6.45, 7) is 8.05. The first-order valence-corrected chi connectivity index (χ1v) is 8.95. The van der Waals surface area contributed by atoms with Crippen molar-refractivity contribution >= 4 is 11.6 Å². The second kappa shape index (κ2) is 9.64. The van der Waals surface area contributed by atoms with Gasteiger partial charge in [0.05, 0.1) is 6.10 Å². The Morgan fingerprint density at radius 2 is 1.96 bits per heavy atom. The summed E-state index contributed by atoms with van der Waals surface area (Å²) < 4.78 is 5.50. The normalized spacial score (nSPS) is 15.8. The summed E-state index contributed by atoms with van der Waals surface area (Å²) in [6, 6.07) is 7.70. The number of carbonyl (C=O) groups excluding carboxylic acids is 1. The maximum absolute atomic E-state index is 12.1. The van der Waals surface area contributed by atoms with Gasteiger partial charge >= 0.3 is 0 Å². The summed E-state index contributed by atoms with van der Waals surface area (Å²) in [7, 11) is 0. The molecule has 0 bridgehead atoms. The maximum atomic E-state index is 12.1. The summed E-state index contributed by atoms with van der Waals surface area (Å²) in [5, 5.41) is 12.5. The number of nitrogens with zero attached hydrogens (tertiary/aromatic N) is 1. The molecule has 1 heterocycles. The minimum atomic E-state index is -0.171. The highest BCUT2D eigenvalue weighted by Gasteiger charge is 2.17. The van der Waals surface area contributed by atoms with Gasteiger partial charge in [0, 0.05) is 44.1 Å². The van der Waals surface area contributed by atoms with E-state index < -0.39 is 0 Å². The molecule has 0 atom stereocenters. The molecule has 0 unspecified atom stereocenters. The van der Waals surface area contributed by atoms with Gasteiger partial charge in [0.15, 0.2) is 0 Å². The Balaban J connectivity index is 1.71. The van der Waals surface area contributed by atoms with Crippen molar-refractivity contribution in [2.24, 2.45) is 5.92 Å². The van der Waals surface area contributed by atoms with E-state index in [1.165, 1.54) is 0 Å². The molecule has 2 N–H and O–H groups in total. The van der Waals surface area contributed by atoms with Crippen LogP contribution in [0.4, 0.5) is 5.69 Å². The van der Waals surface area contributed by atoms with E-state index in [0.29, 0.717) is 24.6 Å². The van der Waals surface area contributed by atoms with E-state index in [1.807, 2.05) is 24.3 Å². The van der Waals surface area contributed by atoms with Gasteiger partial charge in [0.25, 0.3) is 5.91 Å². The average Bonchev–Trinajstić information content (AvgIpc) is 2.58. The van der Waals surface area contributed by atoms with Crippen LogP contribution in [0.25, 0.3) is 0 Å². The predicted octanol–water partition coefficient (Wildman–Crippen LogP) is 2.44. The van der Waals surface area contributed by atoms with E-state index >= 15 is 0 Å². The van der Waals surface area contributed by atoms with Crippen LogP contribution in [0, 0.1) is 5.92 Å². The minimum absolute atomic E-state index is 0.0422. The number of anilines is 1. The zero-order valence-electron chi connectivity index (χ0n) is 14.8. The molecule has 0 aliphatic carbocycles.